The Labute approximate surface area is 192 Å². The van der Waals surface area contributed by atoms with Gasteiger partial charge < -0.3 is 9.84 Å². The van der Waals surface area contributed by atoms with Crippen LogP contribution in [0.25, 0.3) is 17.8 Å². The van der Waals surface area contributed by atoms with Crippen molar-refractivity contribution in [2.75, 3.05) is 7.11 Å². The normalized spacial score (nSPS) is 16.8. The molecule has 1 heterocycles. The van der Waals surface area contributed by atoms with Crippen LogP contribution in [0.15, 0.2) is 48.7 Å². The molecule has 5 rings (SSSR count). The zero-order valence-electron chi connectivity index (χ0n) is 18.6. The molecule has 5 nitrogen and oxygen atoms in total. The number of hydrogen-bond donors (Lipinski definition) is 1. The van der Waals surface area contributed by atoms with Gasteiger partial charge in [0.2, 0.25) is 0 Å². The fourth-order valence-corrected chi connectivity index (χ4v) is 4.56. The van der Waals surface area contributed by atoms with Crippen molar-refractivity contribution in [3.8, 4) is 11.4 Å². The maximum atomic E-state index is 14.6. The van der Waals surface area contributed by atoms with Crippen LogP contribution in [0.1, 0.15) is 66.3 Å². The van der Waals surface area contributed by atoms with E-state index < -0.39 is 5.97 Å². The second-order valence-electron chi connectivity index (χ2n) is 9.03. The summed E-state index contributed by atoms with van der Waals surface area (Å²) in [6.45, 7) is 0. The highest BCUT2D eigenvalue weighted by Crippen LogP contribution is 2.45. The van der Waals surface area contributed by atoms with Crippen LogP contribution < -0.4 is 4.74 Å². The highest BCUT2D eigenvalue weighted by Gasteiger charge is 2.34. The minimum atomic E-state index is -0.751. The van der Waals surface area contributed by atoms with Gasteiger partial charge in [0.1, 0.15) is 17.3 Å². The first kappa shape index (κ1) is 21.4. The van der Waals surface area contributed by atoms with Gasteiger partial charge in [-0.05, 0) is 60.8 Å². The van der Waals surface area contributed by atoms with Gasteiger partial charge in [-0.2, -0.15) is 5.10 Å². The first-order valence-corrected chi connectivity index (χ1v) is 11.4. The number of ether oxygens (including phenoxy) is 1. The fourth-order valence-electron chi connectivity index (χ4n) is 4.56. The molecule has 170 valence electrons. The smallest absolute Gasteiger partial charge is 0.303 e. The molecule has 0 bridgehead atoms. The maximum absolute atomic E-state index is 14.6. The predicted octanol–water partition coefficient (Wildman–Crippen LogP) is 6.04. The van der Waals surface area contributed by atoms with Gasteiger partial charge in [-0.3, -0.25) is 4.79 Å². The predicted molar refractivity (Wildman–Crippen MR) is 125 cm³/mol. The second kappa shape index (κ2) is 8.85. The van der Waals surface area contributed by atoms with E-state index in [2.05, 4.69) is 11.2 Å². The molecule has 0 saturated heterocycles. The third kappa shape index (κ3) is 4.70. The second-order valence-corrected chi connectivity index (χ2v) is 9.03. The summed E-state index contributed by atoms with van der Waals surface area (Å²) in [7, 11) is 1.56. The molecular weight excluding hydrogens is 419 g/mol. The van der Waals surface area contributed by atoms with Crippen LogP contribution >= 0.6 is 0 Å². The number of nitrogens with zero attached hydrogens (tertiary/aromatic N) is 2. The molecular formula is C27H27FN2O3. The molecule has 0 aliphatic heterocycles. The fraction of sp³-hybridized carbons (Fsp3) is 0.333. The number of rotatable bonds is 9. The number of halogens is 1. The highest BCUT2D eigenvalue weighted by atomic mass is 19.1. The lowest BCUT2D eigenvalue weighted by atomic mass is 9.90. The Bertz CT molecular complexity index is 1210. The van der Waals surface area contributed by atoms with Gasteiger partial charge in [-0.15, -0.1) is 0 Å². The third-order valence-corrected chi connectivity index (χ3v) is 6.56. The Kier molecular flexibility index (Phi) is 5.75. The van der Waals surface area contributed by atoms with Crippen molar-refractivity contribution in [1.29, 1.82) is 0 Å². The molecule has 0 amide bonds. The van der Waals surface area contributed by atoms with E-state index in [0.29, 0.717) is 23.3 Å². The Balaban J connectivity index is 1.45. The summed E-state index contributed by atoms with van der Waals surface area (Å²) in [5.41, 5.74) is 4.47. The summed E-state index contributed by atoms with van der Waals surface area (Å²) in [6, 6.07) is 12.8. The number of carbonyl (C=O) groups is 1. The summed E-state index contributed by atoms with van der Waals surface area (Å²) in [4.78, 5) is 11.3. The largest absolute Gasteiger partial charge is 0.497 e. The van der Waals surface area contributed by atoms with Crippen molar-refractivity contribution in [1.82, 2.24) is 9.78 Å². The number of benzene rings is 2. The van der Waals surface area contributed by atoms with E-state index in [1.807, 2.05) is 30.4 Å². The Morgan fingerprint density at radius 2 is 2.03 bits per heavy atom. The van der Waals surface area contributed by atoms with E-state index in [1.165, 1.54) is 6.07 Å². The van der Waals surface area contributed by atoms with Crippen LogP contribution in [0.5, 0.6) is 5.75 Å². The standard InChI is InChI=1S/C27H27FN2O3/c1-33-22-11-12-24(28)25(14-22)30-27(19-9-10-19)21(16-29-30)6-5-17-3-2-4-20(13-17)23(15-26(31)32)18-7-8-18/h2-6,11-14,16,18-19,23H,7-10,15H2,1H3,(H,31,32). The summed E-state index contributed by atoms with van der Waals surface area (Å²) in [5.74, 6) is 0.394. The van der Waals surface area contributed by atoms with Crippen LogP contribution in [0, 0.1) is 11.7 Å². The Hall–Kier alpha value is -3.41. The number of hydrogen-bond acceptors (Lipinski definition) is 3. The molecule has 2 aromatic carbocycles. The van der Waals surface area contributed by atoms with Gasteiger partial charge in [-0.1, -0.05) is 36.4 Å². The summed E-state index contributed by atoms with van der Waals surface area (Å²) in [6.07, 6.45) is 10.3. The van der Waals surface area contributed by atoms with Gasteiger partial charge in [0, 0.05) is 17.5 Å². The zero-order valence-corrected chi connectivity index (χ0v) is 18.6. The number of carboxylic acids is 1. The Morgan fingerprint density at radius 1 is 1.21 bits per heavy atom. The van der Waals surface area contributed by atoms with Crippen molar-refractivity contribution < 1.29 is 19.0 Å². The van der Waals surface area contributed by atoms with Gasteiger partial charge in [0.05, 0.1) is 25.4 Å². The molecule has 2 saturated carbocycles. The number of aromatic nitrogens is 2. The van der Waals surface area contributed by atoms with E-state index in [1.54, 1.807) is 30.1 Å². The van der Waals surface area contributed by atoms with Gasteiger partial charge in [0.25, 0.3) is 0 Å². The quantitative estimate of drug-likeness (QED) is 0.435. The van der Waals surface area contributed by atoms with Crippen molar-refractivity contribution in [2.45, 2.75) is 43.9 Å². The molecule has 1 atom stereocenters. The first-order chi connectivity index (χ1) is 16.0. The van der Waals surface area contributed by atoms with E-state index in [0.717, 1.165) is 48.1 Å². The molecule has 1 unspecified atom stereocenters. The lowest BCUT2D eigenvalue weighted by Crippen LogP contribution is -2.08. The topological polar surface area (TPSA) is 64.4 Å². The highest BCUT2D eigenvalue weighted by molar-refractivity contribution is 5.72. The molecule has 0 radical (unpaired) electrons. The molecule has 0 spiro atoms. The molecule has 2 aliphatic carbocycles. The Morgan fingerprint density at radius 3 is 2.73 bits per heavy atom. The number of aliphatic carboxylic acids is 1. The monoisotopic (exact) mass is 446 g/mol. The van der Waals surface area contributed by atoms with Crippen molar-refractivity contribution in [2.24, 2.45) is 5.92 Å². The van der Waals surface area contributed by atoms with Crippen LogP contribution in [0.4, 0.5) is 4.39 Å². The molecule has 2 aliphatic rings. The summed E-state index contributed by atoms with van der Waals surface area (Å²) < 4.78 is 21.6. The van der Waals surface area contributed by atoms with Crippen LogP contribution in [-0.4, -0.2) is 28.0 Å². The average molecular weight is 447 g/mol. The summed E-state index contributed by atoms with van der Waals surface area (Å²) in [5, 5.41) is 13.8. The first-order valence-electron chi connectivity index (χ1n) is 11.4. The van der Waals surface area contributed by atoms with E-state index in [9.17, 15) is 14.3 Å². The SMILES string of the molecule is COc1ccc(F)c(-n2ncc(C=Cc3cccc(C(CC(=O)O)C4CC4)c3)c2C2CC2)c1. The van der Waals surface area contributed by atoms with E-state index in [4.69, 9.17) is 4.74 Å². The molecule has 6 heteroatoms. The molecule has 33 heavy (non-hydrogen) atoms. The summed E-state index contributed by atoms with van der Waals surface area (Å²) >= 11 is 0. The molecule has 1 aromatic heterocycles. The molecule has 2 fully saturated rings. The molecule has 3 aromatic rings. The van der Waals surface area contributed by atoms with Crippen molar-refractivity contribution >= 4 is 18.1 Å². The van der Waals surface area contributed by atoms with E-state index in [-0.39, 0.29) is 18.2 Å². The van der Waals surface area contributed by atoms with Gasteiger partial charge in [0.15, 0.2) is 0 Å². The third-order valence-electron chi connectivity index (χ3n) is 6.56. The lowest BCUT2D eigenvalue weighted by molar-refractivity contribution is -0.137. The lowest BCUT2D eigenvalue weighted by Gasteiger charge is -2.15. The minimum Gasteiger partial charge on any atom is -0.497 e. The zero-order chi connectivity index (χ0) is 22.9. The number of methoxy groups -OCH3 is 1. The average Bonchev–Trinajstić information content (AvgIpc) is 3.75. The van der Waals surface area contributed by atoms with Crippen molar-refractivity contribution in [3.05, 3.63) is 76.9 Å². The van der Waals surface area contributed by atoms with Crippen LogP contribution in [-0.2, 0) is 4.79 Å². The minimum absolute atomic E-state index is 0.0664. The van der Waals surface area contributed by atoms with Gasteiger partial charge >= 0.3 is 5.97 Å². The number of carboxylic acid groups (broad SMARTS) is 1. The maximum Gasteiger partial charge on any atom is 0.303 e. The van der Waals surface area contributed by atoms with Crippen molar-refractivity contribution in [3.63, 3.8) is 0 Å². The van der Waals surface area contributed by atoms with Crippen LogP contribution in [0.3, 0.4) is 0 Å². The van der Waals surface area contributed by atoms with E-state index >= 15 is 0 Å². The van der Waals surface area contributed by atoms with Crippen LogP contribution in [0.2, 0.25) is 0 Å². The van der Waals surface area contributed by atoms with Gasteiger partial charge in [-0.25, -0.2) is 9.07 Å². The molecule has 1 N–H and O–H groups in total.